The predicted octanol–water partition coefficient (Wildman–Crippen LogP) is 1.52. The summed E-state index contributed by atoms with van der Waals surface area (Å²) in [6.45, 7) is 8.67. The molecule has 3 heterocycles. The van der Waals surface area contributed by atoms with Crippen LogP contribution in [-0.4, -0.2) is 76.1 Å². The zero-order chi connectivity index (χ0) is 18.7. The number of hydrogen-bond donors (Lipinski definition) is 0. The second-order valence-corrected chi connectivity index (χ2v) is 7.69. The third kappa shape index (κ3) is 4.23. The smallest absolute Gasteiger partial charge is 0.410 e. The lowest BCUT2D eigenvalue weighted by Crippen LogP contribution is -2.55. The van der Waals surface area contributed by atoms with Crippen molar-refractivity contribution < 1.29 is 14.3 Å². The van der Waals surface area contributed by atoms with E-state index in [0.29, 0.717) is 45.1 Å². The molecule has 0 radical (unpaired) electrons. The highest BCUT2D eigenvalue weighted by Gasteiger charge is 2.39. The number of rotatable bonds is 2. The molecular formula is C18H27N5O3. The second-order valence-electron chi connectivity index (χ2n) is 7.69. The SMILES string of the molecule is CC(C)(C)OC(=O)N1CCCC1C(=O)N1CCN(c2ncccn2)CC1. The van der Waals surface area contributed by atoms with E-state index in [2.05, 4.69) is 14.9 Å². The Morgan fingerprint density at radius 1 is 1.08 bits per heavy atom. The highest BCUT2D eigenvalue weighted by Crippen LogP contribution is 2.23. The number of carbonyl (C=O) groups is 2. The fraction of sp³-hybridized carbons (Fsp3) is 0.667. The first-order chi connectivity index (χ1) is 12.3. The molecule has 0 aromatic carbocycles. The third-order valence-electron chi connectivity index (χ3n) is 4.59. The lowest BCUT2D eigenvalue weighted by atomic mass is 10.1. The minimum atomic E-state index is -0.561. The summed E-state index contributed by atoms with van der Waals surface area (Å²) >= 11 is 0. The molecule has 3 rings (SSSR count). The topological polar surface area (TPSA) is 78.9 Å². The Labute approximate surface area is 154 Å². The molecule has 142 valence electrons. The third-order valence-corrected chi connectivity index (χ3v) is 4.59. The largest absolute Gasteiger partial charge is 0.444 e. The van der Waals surface area contributed by atoms with Crippen molar-refractivity contribution in [3.05, 3.63) is 18.5 Å². The van der Waals surface area contributed by atoms with Crippen LogP contribution in [0.5, 0.6) is 0 Å². The van der Waals surface area contributed by atoms with E-state index in [4.69, 9.17) is 4.74 Å². The summed E-state index contributed by atoms with van der Waals surface area (Å²) in [5.74, 6) is 0.706. The number of nitrogens with zero attached hydrogens (tertiary/aromatic N) is 5. The summed E-state index contributed by atoms with van der Waals surface area (Å²) in [4.78, 5) is 39.4. The highest BCUT2D eigenvalue weighted by molar-refractivity contribution is 5.86. The van der Waals surface area contributed by atoms with Gasteiger partial charge in [-0.15, -0.1) is 0 Å². The van der Waals surface area contributed by atoms with Crippen LogP contribution in [0.15, 0.2) is 18.5 Å². The highest BCUT2D eigenvalue weighted by atomic mass is 16.6. The zero-order valence-electron chi connectivity index (χ0n) is 15.7. The van der Waals surface area contributed by atoms with Gasteiger partial charge in [0, 0.05) is 45.1 Å². The molecule has 8 heteroatoms. The van der Waals surface area contributed by atoms with Crippen LogP contribution in [0.25, 0.3) is 0 Å². The lowest BCUT2D eigenvalue weighted by Gasteiger charge is -2.37. The molecule has 1 atom stereocenters. The summed E-state index contributed by atoms with van der Waals surface area (Å²) in [6.07, 6.45) is 4.56. The van der Waals surface area contributed by atoms with E-state index in [1.807, 2.05) is 25.7 Å². The average molecular weight is 361 g/mol. The molecular weight excluding hydrogens is 334 g/mol. The van der Waals surface area contributed by atoms with Crippen molar-refractivity contribution in [3.63, 3.8) is 0 Å². The fourth-order valence-corrected chi connectivity index (χ4v) is 3.35. The normalized spacial score (nSPS) is 21.0. The maximum atomic E-state index is 13.0. The number of likely N-dealkylation sites (tertiary alicyclic amines) is 1. The molecule has 2 fully saturated rings. The van der Waals surface area contributed by atoms with Crippen LogP contribution < -0.4 is 4.90 Å². The molecule has 1 aromatic rings. The molecule has 26 heavy (non-hydrogen) atoms. The minimum absolute atomic E-state index is 0.0157. The van der Waals surface area contributed by atoms with Gasteiger partial charge in [-0.3, -0.25) is 9.69 Å². The van der Waals surface area contributed by atoms with E-state index in [1.165, 1.54) is 0 Å². The molecule has 0 saturated carbocycles. The summed E-state index contributed by atoms with van der Waals surface area (Å²) < 4.78 is 5.46. The standard InChI is InChI=1S/C18H27N5O3/c1-18(2,3)26-17(25)23-9-4-6-14(23)15(24)21-10-12-22(13-11-21)16-19-7-5-8-20-16/h5,7-8,14H,4,6,9-13H2,1-3H3. The number of amides is 2. The van der Waals surface area contributed by atoms with Crippen LogP contribution in [0, 0.1) is 0 Å². The Morgan fingerprint density at radius 3 is 2.35 bits per heavy atom. The molecule has 1 unspecified atom stereocenters. The van der Waals surface area contributed by atoms with Crippen molar-refractivity contribution in [1.29, 1.82) is 0 Å². The van der Waals surface area contributed by atoms with Crippen LogP contribution in [0.2, 0.25) is 0 Å². The lowest BCUT2D eigenvalue weighted by molar-refractivity contribution is -0.136. The Hall–Kier alpha value is -2.38. The molecule has 2 saturated heterocycles. The van der Waals surface area contributed by atoms with Crippen LogP contribution in [0.3, 0.4) is 0 Å². The van der Waals surface area contributed by atoms with Crippen molar-refractivity contribution >= 4 is 17.9 Å². The average Bonchev–Trinajstić information content (AvgIpc) is 3.10. The molecule has 0 spiro atoms. The summed E-state index contributed by atoms with van der Waals surface area (Å²) in [5, 5.41) is 0. The van der Waals surface area contributed by atoms with Crippen molar-refractivity contribution in [1.82, 2.24) is 19.8 Å². The van der Waals surface area contributed by atoms with Crippen LogP contribution in [-0.2, 0) is 9.53 Å². The molecule has 0 bridgehead atoms. The number of aromatic nitrogens is 2. The number of anilines is 1. The minimum Gasteiger partial charge on any atom is -0.444 e. The molecule has 1 aromatic heterocycles. The molecule has 0 aliphatic carbocycles. The van der Waals surface area contributed by atoms with Crippen molar-refractivity contribution in [2.24, 2.45) is 0 Å². The van der Waals surface area contributed by atoms with Crippen molar-refractivity contribution in [2.45, 2.75) is 45.3 Å². The first kappa shape index (κ1) is 18.4. The first-order valence-electron chi connectivity index (χ1n) is 9.15. The van der Waals surface area contributed by atoms with E-state index >= 15 is 0 Å². The monoisotopic (exact) mass is 361 g/mol. The van der Waals surface area contributed by atoms with Crippen molar-refractivity contribution in [2.75, 3.05) is 37.6 Å². The number of hydrogen-bond acceptors (Lipinski definition) is 6. The van der Waals surface area contributed by atoms with Gasteiger partial charge in [0.25, 0.3) is 0 Å². The molecule has 2 aliphatic heterocycles. The maximum Gasteiger partial charge on any atom is 0.410 e. The van der Waals surface area contributed by atoms with Gasteiger partial charge in [-0.2, -0.15) is 0 Å². The number of carbonyl (C=O) groups excluding carboxylic acids is 2. The summed E-state index contributed by atoms with van der Waals surface area (Å²) in [6, 6.07) is 1.37. The summed E-state index contributed by atoms with van der Waals surface area (Å²) in [5.41, 5.74) is -0.561. The Balaban J connectivity index is 1.58. The van der Waals surface area contributed by atoms with Gasteiger partial charge in [-0.25, -0.2) is 14.8 Å². The number of piperazine rings is 1. The van der Waals surface area contributed by atoms with Gasteiger partial charge in [-0.05, 0) is 39.7 Å². The number of ether oxygens (including phenoxy) is 1. The fourth-order valence-electron chi connectivity index (χ4n) is 3.35. The second kappa shape index (κ2) is 7.47. The Morgan fingerprint density at radius 2 is 1.73 bits per heavy atom. The van der Waals surface area contributed by atoms with E-state index < -0.39 is 17.7 Å². The van der Waals surface area contributed by atoms with Gasteiger partial charge >= 0.3 is 6.09 Å². The zero-order valence-corrected chi connectivity index (χ0v) is 15.7. The van der Waals surface area contributed by atoms with E-state index in [9.17, 15) is 9.59 Å². The van der Waals surface area contributed by atoms with Gasteiger partial charge < -0.3 is 14.5 Å². The van der Waals surface area contributed by atoms with Crippen LogP contribution >= 0.6 is 0 Å². The van der Waals surface area contributed by atoms with E-state index in [1.54, 1.807) is 23.4 Å². The van der Waals surface area contributed by atoms with Crippen LogP contribution in [0.1, 0.15) is 33.6 Å². The summed E-state index contributed by atoms with van der Waals surface area (Å²) in [7, 11) is 0. The van der Waals surface area contributed by atoms with E-state index in [-0.39, 0.29) is 5.91 Å². The molecule has 8 nitrogen and oxygen atoms in total. The van der Waals surface area contributed by atoms with Gasteiger partial charge in [0.05, 0.1) is 0 Å². The van der Waals surface area contributed by atoms with Gasteiger partial charge in [0.15, 0.2) is 0 Å². The Bertz CT molecular complexity index is 638. The Kier molecular flexibility index (Phi) is 5.29. The molecule has 0 N–H and O–H groups in total. The van der Waals surface area contributed by atoms with Gasteiger partial charge in [0.1, 0.15) is 11.6 Å². The molecule has 2 amide bonds. The van der Waals surface area contributed by atoms with Crippen LogP contribution in [0.4, 0.5) is 10.7 Å². The van der Waals surface area contributed by atoms with Gasteiger partial charge in [0.2, 0.25) is 11.9 Å². The molecule has 2 aliphatic rings. The maximum absolute atomic E-state index is 13.0. The predicted molar refractivity (Wildman–Crippen MR) is 96.8 cm³/mol. The quantitative estimate of drug-likeness (QED) is 0.795. The van der Waals surface area contributed by atoms with E-state index in [0.717, 1.165) is 6.42 Å². The first-order valence-corrected chi connectivity index (χ1v) is 9.15. The van der Waals surface area contributed by atoms with Gasteiger partial charge in [-0.1, -0.05) is 0 Å². The van der Waals surface area contributed by atoms with Crippen molar-refractivity contribution in [3.8, 4) is 0 Å².